The van der Waals surface area contributed by atoms with Gasteiger partial charge in [-0.2, -0.15) is 0 Å². The second-order valence-corrected chi connectivity index (χ2v) is 16.7. The van der Waals surface area contributed by atoms with E-state index in [1.54, 1.807) is 6.08 Å². The topological polar surface area (TPSA) is 108 Å². The fraction of sp³-hybridized carbons (Fsp3) is 0.750. The fourth-order valence-electron chi connectivity index (χ4n) is 5.61. The van der Waals surface area contributed by atoms with E-state index in [2.05, 4.69) is 67.8 Å². The Bertz CT molecular complexity index is 1050. The number of hydrogen-bond donors (Lipinski definition) is 2. The Balaban J connectivity index is 4.10. The van der Waals surface area contributed by atoms with Gasteiger partial charge in [0.2, 0.25) is 5.91 Å². The summed E-state index contributed by atoms with van der Waals surface area (Å²) in [6, 6.07) is -0.885. The quantitative estimate of drug-likeness (QED) is 0.0282. The highest BCUT2D eigenvalue weighted by molar-refractivity contribution is 7.45. The van der Waals surface area contributed by atoms with Gasteiger partial charge in [-0.25, -0.2) is 0 Å². The van der Waals surface area contributed by atoms with Crippen LogP contribution in [0.5, 0.6) is 0 Å². The lowest BCUT2D eigenvalue weighted by molar-refractivity contribution is -0.870. The van der Waals surface area contributed by atoms with Crippen LogP contribution in [0.3, 0.4) is 0 Å². The number of carbonyl (C=O) groups is 1. The number of nitrogens with one attached hydrogen (secondary N) is 1. The van der Waals surface area contributed by atoms with Crippen LogP contribution in [0.15, 0.2) is 60.8 Å². The van der Waals surface area contributed by atoms with E-state index in [-0.39, 0.29) is 19.1 Å². The number of aliphatic hydroxyl groups excluding tert-OH is 1. The fourth-order valence-corrected chi connectivity index (χ4v) is 6.33. The van der Waals surface area contributed by atoms with E-state index in [0.717, 1.165) is 70.6 Å². The highest BCUT2D eigenvalue weighted by atomic mass is 31.2. The number of unbranched alkanes of at least 4 members (excludes halogenated alkanes) is 16. The summed E-state index contributed by atoms with van der Waals surface area (Å²) in [7, 11) is 1.25. The first-order valence-corrected chi connectivity index (χ1v) is 22.6. The molecule has 0 saturated heterocycles. The molecule has 2 N–H and O–H groups in total. The molecule has 0 radical (unpaired) electrons. The molecule has 0 aliphatic heterocycles. The summed E-state index contributed by atoms with van der Waals surface area (Å²) in [6.07, 6.45) is 45.9. The number of phosphoric acid groups is 1. The Morgan fingerprint density at radius 2 is 1.15 bits per heavy atom. The van der Waals surface area contributed by atoms with Gasteiger partial charge in [0, 0.05) is 6.42 Å². The van der Waals surface area contributed by atoms with Crippen LogP contribution in [0.25, 0.3) is 0 Å². The standard InChI is InChI=1S/C44H81N2O6P/c1-6-8-10-12-14-15-16-17-18-19-20-21-22-23-24-25-26-27-28-29-30-31-32-34-36-38-44(48)45-42(43(47)37-35-33-13-11-9-7-2)41-52-53(49,50)51-40-39-46(3,4)5/h8,10,14-15,17-18,20-21,35,37,42-43,47H,6-7,9,11-13,16,19,22-34,36,38-41H2,1-5H3,(H-,45,48,49,50)/b10-8-,15-14-,18-17-,21-20-,37-35+. The van der Waals surface area contributed by atoms with Gasteiger partial charge in [0.1, 0.15) is 13.2 Å². The van der Waals surface area contributed by atoms with Crippen LogP contribution >= 0.6 is 7.82 Å². The molecular formula is C44H81N2O6P. The molecule has 0 aromatic rings. The molecule has 9 heteroatoms. The lowest BCUT2D eigenvalue weighted by Crippen LogP contribution is -2.45. The second-order valence-electron chi connectivity index (χ2n) is 15.3. The Hall–Kier alpha value is -1.80. The van der Waals surface area contributed by atoms with Crippen LogP contribution in [0, 0.1) is 0 Å². The molecule has 3 unspecified atom stereocenters. The summed E-state index contributed by atoms with van der Waals surface area (Å²) in [5.74, 6) is -0.209. The number of allylic oxidation sites excluding steroid dienone is 9. The zero-order valence-electron chi connectivity index (χ0n) is 34.7. The maximum absolute atomic E-state index is 12.8. The lowest BCUT2D eigenvalue weighted by atomic mass is 10.0. The van der Waals surface area contributed by atoms with Crippen molar-refractivity contribution in [2.24, 2.45) is 0 Å². The van der Waals surface area contributed by atoms with Gasteiger partial charge < -0.3 is 28.8 Å². The summed E-state index contributed by atoms with van der Waals surface area (Å²) in [6.45, 7) is 4.43. The molecule has 8 nitrogen and oxygen atoms in total. The van der Waals surface area contributed by atoms with Crippen molar-refractivity contribution in [1.82, 2.24) is 5.32 Å². The SMILES string of the molecule is CC/C=C\C/C=C\C/C=C\C/C=C\CCCCCCCCCCCCCCC(=O)NC(COP(=O)([O-])OCC[N+](C)(C)C)C(O)/C=C/CCCCCC. The van der Waals surface area contributed by atoms with Crippen molar-refractivity contribution >= 4 is 13.7 Å². The summed E-state index contributed by atoms with van der Waals surface area (Å²) < 4.78 is 23.0. The van der Waals surface area contributed by atoms with Gasteiger partial charge in [-0.15, -0.1) is 0 Å². The molecule has 0 aromatic carbocycles. The predicted molar refractivity (Wildman–Crippen MR) is 224 cm³/mol. The highest BCUT2D eigenvalue weighted by Gasteiger charge is 2.23. The van der Waals surface area contributed by atoms with Crippen LogP contribution in [-0.4, -0.2) is 68.5 Å². The summed E-state index contributed by atoms with van der Waals surface area (Å²) >= 11 is 0. The minimum atomic E-state index is -4.57. The van der Waals surface area contributed by atoms with Crippen molar-refractivity contribution in [3.63, 3.8) is 0 Å². The first-order valence-electron chi connectivity index (χ1n) is 21.2. The number of amides is 1. The van der Waals surface area contributed by atoms with Gasteiger partial charge in [0.15, 0.2) is 0 Å². The largest absolute Gasteiger partial charge is 0.756 e. The monoisotopic (exact) mass is 765 g/mol. The summed E-state index contributed by atoms with van der Waals surface area (Å²) in [5, 5.41) is 13.6. The average molecular weight is 765 g/mol. The van der Waals surface area contributed by atoms with Crippen LogP contribution in [0.2, 0.25) is 0 Å². The number of carbonyl (C=O) groups excluding carboxylic acids is 1. The van der Waals surface area contributed by atoms with E-state index in [4.69, 9.17) is 9.05 Å². The van der Waals surface area contributed by atoms with Gasteiger partial charge in [0.25, 0.3) is 7.82 Å². The minimum absolute atomic E-state index is 0.00424. The number of nitrogens with zero attached hydrogens (tertiary/aromatic N) is 1. The van der Waals surface area contributed by atoms with Crippen molar-refractivity contribution < 1.29 is 32.9 Å². The van der Waals surface area contributed by atoms with Crippen molar-refractivity contribution in [2.45, 2.75) is 174 Å². The molecule has 0 rings (SSSR count). The zero-order chi connectivity index (χ0) is 39.3. The van der Waals surface area contributed by atoms with Gasteiger partial charge >= 0.3 is 0 Å². The lowest BCUT2D eigenvalue weighted by Gasteiger charge is -2.29. The predicted octanol–water partition coefficient (Wildman–Crippen LogP) is 10.8. The minimum Gasteiger partial charge on any atom is -0.756 e. The maximum Gasteiger partial charge on any atom is 0.268 e. The van der Waals surface area contributed by atoms with Crippen LogP contribution < -0.4 is 10.2 Å². The summed E-state index contributed by atoms with van der Waals surface area (Å²) in [4.78, 5) is 25.1. The van der Waals surface area contributed by atoms with E-state index >= 15 is 0 Å². The van der Waals surface area contributed by atoms with E-state index in [0.29, 0.717) is 17.4 Å². The maximum atomic E-state index is 12.8. The molecule has 0 aliphatic rings. The van der Waals surface area contributed by atoms with E-state index < -0.39 is 20.0 Å². The Morgan fingerprint density at radius 3 is 1.68 bits per heavy atom. The van der Waals surface area contributed by atoms with Gasteiger partial charge in [0.05, 0.1) is 39.9 Å². The average Bonchev–Trinajstić information content (AvgIpc) is 3.10. The first kappa shape index (κ1) is 51.2. The molecule has 53 heavy (non-hydrogen) atoms. The summed E-state index contributed by atoms with van der Waals surface area (Å²) in [5.41, 5.74) is 0. The first-order chi connectivity index (χ1) is 25.5. The van der Waals surface area contributed by atoms with Gasteiger partial charge in [-0.3, -0.25) is 9.36 Å². The Kier molecular flexibility index (Phi) is 34.7. The number of aliphatic hydroxyl groups is 1. The Morgan fingerprint density at radius 1 is 0.679 bits per heavy atom. The molecule has 1 amide bonds. The molecule has 0 bridgehead atoms. The number of rotatable bonds is 37. The van der Waals surface area contributed by atoms with Crippen LogP contribution in [0.1, 0.15) is 162 Å². The molecule has 308 valence electrons. The molecule has 3 atom stereocenters. The zero-order valence-corrected chi connectivity index (χ0v) is 35.6. The number of quaternary nitrogens is 1. The van der Waals surface area contributed by atoms with E-state index in [1.807, 2.05) is 27.2 Å². The second kappa shape index (κ2) is 35.9. The van der Waals surface area contributed by atoms with Crippen LogP contribution in [0.4, 0.5) is 0 Å². The number of phosphoric ester groups is 1. The van der Waals surface area contributed by atoms with Crippen molar-refractivity contribution in [3.05, 3.63) is 60.8 Å². The normalized spacial score (nSPS) is 15.1. The Labute approximate surface area is 326 Å². The number of likely N-dealkylation sites (N-methyl/N-ethyl adjacent to an activating group) is 1. The van der Waals surface area contributed by atoms with Crippen molar-refractivity contribution in [3.8, 4) is 0 Å². The smallest absolute Gasteiger partial charge is 0.268 e. The molecular weight excluding hydrogens is 683 g/mol. The third-order valence-electron chi connectivity index (χ3n) is 8.98. The molecule has 0 fully saturated rings. The third-order valence-corrected chi connectivity index (χ3v) is 9.95. The number of hydrogen-bond acceptors (Lipinski definition) is 6. The molecule has 0 saturated carbocycles. The van der Waals surface area contributed by atoms with Crippen LogP contribution in [-0.2, 0) is 18.4 Å². The van der Waals surface area contributed by atoms with Gasteiger partial charge in [-0.1, -0.05) is 158 Å². The molecule has 0 heterocycles. The van der Waals surface area contributed by atoms with Gasteiger partial charge in [-0.05, 0) is 57.8 Å². The third kappa shape index (κ3) is 38.3. The molecule has 0 spiro atoms. The van der Waals surface area contributed by atoms with E-state index in [1.165, 1.54) is 70.6 Å². The highest BCUT2D eigenvalue weighted by Crippen LogP contribution is 2.38. The molecule has 0 aromatic heterocycles. The van der Waals surface area contributed by atoms with Crippen molar-refractivity contribution in [2.75, 3.05) is 40.9 Å². The van der Waals surface area contributed by atoms with E-state index in [9.17, 15) is 19.4 Å². The van der Waals surface area contributed by atoms with Crippen molar-refractivity contribution in [1.29, 1.82) is 0 Å². The molecule has 0 aliphatic carbocycles.